The molecule has 0 aromatic rings. The van der Waals surface area contributed by atoms with Crippen molar-refractivity contribution in [3.63, 3.8) is 0 Å². The van der Waals surface area contributed by atoms with Gasteiger partial charge in [0.1, 0.15) is 0 Å². The normalized spacial score (nSPS) is 26.6. The van der Waals surface area contributed by atoms with E-state index >= 15 is 0 Å². The second-order valence-corrected chi connectivity index (χ2v) is 5.86. The summed E-state index contributed by atoms with van der Waals surface area (Å²) in [6, 6.07) is 0.382. The van der Waals surface area contributed by atoms with Crippen molar-refractivity contribution in [1.82, 2.24) is 5.43 Å². The van der Waals surface area contributed by atoms with Gasteiger partial charge >= 0.3 is 0 Å². The predicted octanol–water partition coefficient (Wildman–Crippen LogP) is 3.78. The van der Waals surface area contributed by atoms with Crippen molar-refractivity contribution in [2.75, 3.05) is 0 Å². The van der Waals surface area contributed by atoms with Gasteiger partial charge in [-0.25, -0.2) is 0 Å². The molecule has 1 fully saturated rings. The Kier molecular flexibility index (Phi) is 6.83. The van der Waals surface area contributed by atoms with Crippen LogP contribution in [0.3, 0.4) is 0 Å². The van der Waals surface area contributed by atoms with Crippen LogP contribution in [0.25, 0.3) is 0 Å². The van der Waals surface area contributed by atoms with Gasteiger partial charge in [-0.2, -0.15) is 0 Å². The van der Waals surface area contributed by atoms with Crippen LogP contribution < -0.4 is 11.3 Å². The minimum atomic E-state index is 0.382. The van der Waals surface area contributed by atoms with Gasteiger partial charge in [0, 0.05) is 6.04 Å². The van der Waals surface area contributed by atoms with Crippen molar-refractivity contribution >= 4 is 0 Å². The van der Waals surface area contributed by atoms with Crippen LogP contribution in [0.4, 0.5) is 0 Å². The topological polar surface area (TPSA) is 38.0 Å². The van der Waals surface area contributed by atoms with Gasteiger partial charge in [0.2, 0.25) is 0 Å². The molecule has 1 saturated carbocycles. The lowest BCUT2D eigenvalue weighted by Crippen LogP contribution is -2.41. The molecule has 1 atom stereocenters. The number of hydrazine groups is 1. The van der Waals surface area contributed by atoms with Crippen LogP contribution in [0.2, 0.25) is 0 Å². The number of hydrogen-bond acceptors (Lipinski definition) is 2. The summed E-state index contributed by atoms with van der Waals surface area (Å²) in [5.74, 6) is 7.40. The zero-order valence-electron chi connectivity index (χ0n) is 11.8. The molecule has 3 N–H and O–H groups in total. The Hall–Kier alpha value is -0.340. The molecule has 0 saturated heterocycles. The van der Waals surface area contributed by atoms with E-state index in [9.17, 15) is 0 Å². The van der Waals surface area contributed by atoms with E-state index in [2.05, 4.69) is 32.3 Å². The first-order valence-corrected chi connectivity index (χ1v) is 7.28. The molecule has 2 nitrogen and oxygen atoms in total. The highest BCUT2D eigenvalue weighted by Crippen LogP contribution is 2.33. The molecule has 1 aliphatic carbocycles. The highest BCUT2D eigenvalue weighted by molar-refractivity contribution is 5.03. The van der Waals surface area contributed by atoms with Crippen LogP contribution in [-0.2, 0) is 0 Å². The van der Waals surface area contributed by atoms with Crippen LogP contribution in [-0.4, -0.2) is 6.04 Å². The summed E-state index contributed by atoms with van der Waals surface area (Å²) >= 11 is 0. The van der Waals surface area contributed by atoms with E-state index in [0.717, 1.165) is 11.8 Å². The van der Waals surface area contributed by atoms with E-state index in [0.29, 0.717) is 6.04 Å². The van der Waals surface area contributed by atoms with Crippen LogP contribution in [0, 0.1) is 11.8 Å². The van der Waals surface area contributed by atoms with Gasteiger partial charge in [0.05, 0.1) is 0 Å². The first-order valence-electron chi connectivity index (χ1n) is 7.28. The Labute approximate surface area is 107 Å². The Morgan fingerprint density at radius 1 is 1.29 bits per heavy atom. The summed E-state index contributed by atoms with van der Waals surface area (Å²) in [5, 5.41) is 0. The first-order chi connectivity index (χ1) is 8.17. The number of nitrogens with two attached hydrogens (primary N) is 1. The largest absolute Gasteiger partial charge is 0.271 e. The van der Waals surface area contributed by atoms with Crippen molar-refractivity contribution in [3.8, 4) is 0 Å². The maximum Gasteiger partial charge on any atom is 0.0421 e. The minimum Gasteiger partial charge on any atom is -0.271 e. The fourth-order valence-electron chi connectivity index (χ4n) is 3.01. The summed E-state index contributed by atoms with van der Waals surface area (Å²) in [5.41, 5.74) is 4.35. The monoisotopic (exact) mass is 238 g/mol. The Morgan fingerprint density at radius 3 is 2.41 bits per heavy atom. The van der Waals surface area contributed by atoms with Crippen LogP contribution >= 0.6 is 0 Å². The van der Waals surface area contributed by atoms with Crippen LogP contribution in [0.5, 0.6) is 0 Å². The van der Waals surface area contributed by atoms with E-state index in [4.69, 9.17) is 5.84 Å². The smallest absolute Gasteiger partial charge is 0.0421 e. The molecule has 2 heteroatoms. The average molecular weight is 238 g/mol. The van der Waals surface area contributed by atoms with Crippen molar-refractivity contribution in [2.24, 2.45) is 17.7 Å². The van der Waals surface area contributed by atoms with Gasteiger partial charge in [-0.15, -0.1) is 0 Å². The Morgan fingerprint density at radius 2 is 1.94 bits per heavy atom. The number of unbranched alkanes of at least 4 members (excludes halogenated alkanes) is 1. The molecule has 1 aliphatic rings. The molecule has 0 bridgehead atoms. The molecule has 0 heterocycles. The zero-order chi connectivity index (χ0) is 12.7. The first kappa shape index (κ1) is 14.7. The molecular formula is C15H30N2. The van der Waals surface area contributed by atoms with Gasteiger partial charge < -0.3 is 0 Å². The lowest BCUT2D eigenvalue weighted by atomic mass is 9.76. The predicted molar refractivity (Wildman–Crippen MR) is 75.5 cm³/mol. The molecule has 0 radical (unpaired) electrons. The van der Waals surface area contributed by atoms with Crippen molar-refractivity contribution < 1.29 is 0 Å². The van der Waals surface area contributed by atoms with Gasteiger partial charge in [-0.3, -0.25) is 11.3 Å². The van der Waals surface area contributed by atoms with Gasteiger partial charge in [0.25, 0.3) is 0 Å². The molecule has 1 rings (SSSR count). The fourth-order valence-corrected chi connectivity index (χ4v) is 3.01. The van der Waals surface area contributed by atoms with Crippen molar-refractivity contribution in [2.45, 2.75) is 71.8 Å². The molecule has 0 aromatic heterocycles. The third-order valence-electron chi connectivity index (χ3n) is 4.07. The second-order valence-electron chi connectivity index (χ2n) is 5.86. The molecule has 0 spiro atoms. The maximum atomic E-state index is 5.67. The third-order valence-corrected chi connectivity index (χ3v) is 4.07. The maximum absolute atomic E-state index is 5.67. The summed E-state index contributed by atoms with van der Waals surface area (Å²) in [7, 11) is 0. The van der Waals surface area contributed by atoms with E-state index in [1.54, 1.807) is 0 Å². The van der Waals surface area contributed by atoms with Crippen molar-refractivity contribution in [1.29, 1.82) is 0 Å². The lowest BCUT2D eigenvalue weighted by Gasteiger charge is -2.32. The number of hydrogen-bond donors (Lipinski definition) is 2. The molecule has 0 amide bonds. The third kappa shape index (κ3) is 5.22. The van der Waals surface area contributed by atoms with E-state index in [1.165, 1.54) is 50.5 Å². The van der Waals surface area contributed by atoms with Gasteiger partial charge in [0.15, 0.2) is 0 Å². The molecule has 1 unspecified atom stereocenters. The molecule has 0 aromatic carbocycles. The highest BCUT2D eigenvalue weighted by Gasteiger charge is 2.25. The summed E-state index contributed by atoms with van der Waals surface area (Å²) in [6.07, 6.45) is 12.0. The standard InChI is InChI=1S/C15H30N2/c1-4-5-6-13-7-9-14(10-8-13)15(17-16)11-12(2)3/h11,13-15,17H,4-10,16H2,1-3H3. The zero-order valence-corrected chi connectivity index (χ0v) is 11.8. The molecule has 17 heavy (non-hydrogen) atoms. The fraction of sp³-hybridized carbons (Fsp3) is 0.867. The van der Waals surface area contributed by atoms with E-state index < -0.39 is 0 Å². The van der Waals surface area contributed by atoms with Crippen molar-refractivity contribution in [3.05, 3.63) is 11.6 Å². The molecule has 0 aliphatic heterocycles. The summed E-state index contributed by atoms with van der Waals surface area (Å²) < 4.78 is 0. The Bertz CT molecular complexity index is 223. The molecular weight excluding hydrogens is 208 g/mol. The van der Waals surface area contributed by atoms with Gasteiger partial charge in [-0.1, -0.05) is 50.7 Å². The number of rotatable bonds is 6. The summed E-state index contributed by atoms with van der Waals surface area (Å²) in [4.78, 5) is 0. The summed E-state index contributed by atoms with van der Waals surface area (Å²) in [6.45, 7) is 6.59. The van der Waals surface area contributed by atoms with Gasteiger partial charge in [-0.05, 0) is 38.5 Å². The van der Waals surface area contributed by atoms with E-state index in [1.807, 2.05) is 0 Å². The average Bonchev–Trinajstić information content (AvgIpc) is 2.34. The van der Waals surface area contributed by atoms with Crippen LogP contribution in [0.1, 0.15) is 65.7 Å². The minimum absolute atomic E-state index is 0.382. The number of nitrogens with one attached hydrogen (secondary N) is 1. The van der Waals surface area contributed by atoms with E-state index in [-0.39, 0.29) is 0 Å². The van der Waals surface area contributed by atoms with Crippen LogP contribution in [0.15, 0.2) is 11.6 Å². The molecule has 100 valence electrons. The second kappa shape index (κ2) is 7.88. The quantitative estimate of drug-likeness (QED) is 0.420. The Balaban J connectivity index is 2.36. The lowest BCUT2D eigenvalue weighted by molar-refractivity contribution is 0.231. The number of allylic oxidation sites excluding steroid dienone is 1. The SMILES string of the molecule is CCCCC1CCC(C(C=C(C)C)NN)CC1. The highest BCUT2D eigenvalue weighted by atomic mass is 15.2.